The lowest BCUT2D eigenvalue weighted by Gasteiger charge is -2.23. The third-order valence-electron chi connectivity index (χ3n) is 3.72. The summed E-state index contributed by atoms with van der Waals surface area (Å²) in [6.07, 6.45) is 2.38. The number of hydrogen-bond acceptors (Lipinski definition) is 1. The van der Waals surface area contributed by atoms with Crippen LogP contribution in [0.25, 0.3) is 0 Å². The van der Waals surface area contributed by atoms with E-state index in [1.54, 1.807) is 7.11 Å². The fraction of sp³-hybridized carbons (Fsp3) is 0.333. The smallest absolute Gasteiger partial charge is 0.0577 e. The quantitative estimate of drug-likeness (QED) is 0.753. The zero-order chi connectivity index (χ0) is 13.5. The van der Waals surface area contributed by atoms with E-state index in [2.05, 4.69) is 67.6 Å². The minimum atomic E-state index is 0.264. The Morgan fingerprint density at radius 2 is 1.21 bits per heavy atom. The van der Waals surface area contributed by atoms with Crippen LogP contribution in [-0.4, -0.2) is 13.2 Å². The molecule has 0 saturated carbocycles. The van der Waals surface area contributed by atoms with Crippen LogP contribution in [0, 0.1) is 5.92 Å². The molecule has 0 spiro atoms. The lowest BCUT2D eigenvalue weighted by molar-refractivity contribution is 0.0667. The van der Waals surface area contributed by atoms with Crippen LogP contribution in [0.5, 0.6) is 0 Å². The molecule has 100 valence electrons. The van der Waals surface area contributed by atoms with Gasteiger partial charge in [0.25, 0.3) is 0 Å². The second kappa shape index (κ2) is 7.10. The summed E-state index contributed by atoms with van der Waals surface area (Å²) < 4.78 is 5.56. The van der Waals surface area contributed by atoms with Gasteiger partial charge < -0.3 is 4.74 Å². The number of methoxy groups -OCH3 is 1. The maximum atomic E-state index is 5.56. The molecule has 0 radical (unpaired) electrons. The van der Waals surface area contributed by atoms with Crippen LogP contribution in [0.3, 0.4) is 0 Å². The van der Waals surface area contributed by atoms with Crippen molar-refractivity contribution in [1.82, 2.24) is 0 Å². The standard InChI is InChI=1S/C18H22O/c1-15(19-2)18(13-16-9-5-3-6-10-16)14-17-11-7-4-8-12-17/h3-12,15,18H,13-14H2,1-2H3. The van der Waals surface area contributed by atoms with Crippen molar-refractivity contribution in [3.8, 4) is 0 Å². The van der Waals surface area contributed by atoms with Gasteiger partial charge in [0, 0.05) is 7.11 Å². The molecule has 0 aromatic heterocycles. The molecule has 0 heterocycles. The molecule has 1 nitrogen and oxygen atoms in total. The van der Waals surface area contributed by atoms with Crippen molar-refractivity contribution < 1.29 is 4.74 Å². The third kappa shape index (κ3) is 4.22. The summed E-state index contributed by atoms with van der Waals surface area (Å²) in [4.78, 5) is 0. The highest BCUT2D eigenvalue weighted by molar-refractivity contribution is 5.19. The Balaban J connectivity index is 2.08. The summed E-state index contributed by atoms with van der Waals surface area (Å²) in [7, 11) is 1.80. The van der Waals surface area contributed by atoms with Gasteiger partial charge in [0.1, 0.15) is 0 Å². The SMILES string of the molecule is COC(C)C(Cc1ccccc1)Cc1ccccc1. The van der Waals surface area contributed by atoms with Gasteiger partial charge in [-0.25, -0.2) is 0 Å². The van der Waals surface area contributed by atoms with Crippen LogP contribution in [-0.2, 0) is 17.6 Å². The average Bonchev–Trinajstić information content (AvgIpc) is 2.48. The van der Waals surface area contributed by atoms with Crippen molar-refractivity contribution in [3.05, 3.63) is 71.8 Å². The minimum absolute atomic E-state index is 0.264. The van der Waals surface area contributed by atoms with Crippen molar-refractivity contribution >= 4 is 0 Å². The Kier molecular flexibility index (Phi) is 5.17. The second-order valence-electron chi connectivity index (χ2n) is 5.08. The van der Waals surface area contributed by atoms with E-state index in [0.29, 0.717) is 5.92 Å². The summed E-state index contributed by atoms with van der Waals surface area (Å²) in [5, 5.41) is 0. The molecule has 1 unspecified atom stereocenters. The summed E-state index contributed by atoms with van der Waals surface area (Å²) in [5.74, 6) is 0.509. The highest BCUT2D eigenvalue weighted by Gasteiger charge is 2.17. The maximum Gasteiger partial charge on any atom is 0.0577 e. The lowest BCUT2D eigenvalue weighted by atomic mass is 9.89. The highest BCUT2D eigenvalue weighted by Crippen LogP contribution is 2.19. The molecule has 1 atom stereocenters. The Bertz CT molecular complexity index is 422. The topological polar surface area (TPSA) is 9.23 Å². The van der Waals surface area contributed by atoms with Crippen molar-refractivity contribution in [3.63, 3.8) is 0 Å². The van der Waals surface area contributed by atoms with Crippen LogP contribution in [0.1, 0.15) is 18.1 Å². The zero-order valence-corrected chi connectivity index (χ0v) is 11.8. The van der Waals surface area contributed by atoms with E-state index >= 15 is 0 Å². The highest BCUT2D eigenvalue weighted by atomic mass is 16.5. The van der Waals surface area contributed by atoms with E-state index in [4.69, 9.17) is 4.74 Å². The molecular weight excluding hydrogens is 232 g/mol. The van der Waals surface area contributed by atoms with Crippen molar-refractivity contribution in [2.75, 3.05) is 7.11 Å². The molecule has 1 heteroatoms. The predicted molar refractivity (Wildman–Crippen MR) is 80.3 cm³/mol. The van der Waals surface area contributed by atoms with Crippen LogP contribution >= 0.6 is 0 Å². The van der Waals surface area contributed by atoms with Gasteiger partial charge in [-0.1, -0.05) is 60.7 Å². The van der Waals surface area contributed by atoms with Crippen LogP contribution in [0.2, 0.25) is 0 Å². The predicted octanol–water partition coefficient (Wildman–Crippen LogP) is 4.12. The Hall–Kier alpha value is -1.60. The molecule has 2 rings (SSSR count). The molecule has 0 amide bonds. The maximum absolute atomic E-state index is 5.56. The van der Waals surface area contributed by atoms with Gasteiger partial charge in [0.05, 0.1) is 6.10 Å². The van der Waals surface area contributed by atoms with Gasteiger partial charge >= 0.3 is 0 Å². The fourth-order valence-electron chi connectivity index (χ4n) is 2.43. The minimum Gasteiger partial charge on any atom is -0.381 e. The molecule has 2 aromatic carbocycles. The average molecular weight is 254 g/mol. The summed E-state index contributed by atoms with van der Waals surface area (Å²) in [6.45, 7) is 2.16. The molecule has 0 saturated heterocycles. The fourth-order valence-corrected chi connectivity index (χ4v) is 2.43. The summed E-state index contributed by atoms with van der Waals surface area (Å²) >= 11 is 0. The normalized spacial score (nSPS) is 12.6. The summed E-state index contributed by atoms with van der Waals surface area (Å²) in [5.41, 5.74) is 2.76. The van der Waals surface area contributed by atoms with Gasteiger partial charge in [-0.3, -0.25) is 0 Å². The van der Waals surface area contributed by atoms with E-state index in [0.717, 1.165) is 12.8 Å². The third-order valence-corrected chi connectivity index (χ3v) is 3.72. The molecule has 0 aliphatic carbocycles. The number of hydrogen-bond donors (Lipinski definition) is 0. The zero-order valence-electron chi connectivity index (χ0n) is 11.8. The van der Waals surface area contributed by atoms with Gasteiger partial charge in [0.2, 0.25) is 0 Å². The Morgan fingerprint density at radius 1 is 0.789 bits per heavy atom. The van der Waals surface area contributed by atoms with E-state index in [-0.39, 0.29) is 6.10 Å². The Morgan fingerprint density at radius 3 is 1.58 bits per heavy atom. The van der Waals surface area contributed by atoms with Crippen LogP contribution < -0.4 is 0 Å². The van der Waals surface area contributed by atoms with Crippen molar-refractivity contribution in [1.29, 1.82) is 0 Å². The molecular formula is C18H22O. The molecule has 0 N–H and O–H groups in total. The van der Waals surface area contributed by atoms with Gasteiger partial charge in [0.15, 0.2) is 0 Å². The summed E-state index contributed by atoms with van der Waals surface area (Å²) in [6, 6.07) is 21.3. The number of ether oxygens (including phenoxy) is 1. The molecule has 0 aliphatic heterocycles. The van der Waals surface area contributed by atoms with E-state index in [1.807, 2.05) is 0 Å². The van der Waals surface area contributed by atoms with E-state index < -0.39 is 0 Å². The monoisotopic (exact) mass is 254 g/mol. The van der Waals surface area contributed by atoms with E-state index in [9.17, 15) is 0 Å². The van der Waals surface area contributed by atoms with Crippen molar-refractivity contribution in [2.45, 2.75) is 25.9 Å². The largest absolute Gasteiger partial charge is 0.381 e. The molecule has 0 aliphatic rings. The van der Waals surface area contributed by atoms with Crippen molar-refractivity contribution in [2.24, 2.45) is 5.92 Å². The number of benzene rings is 2. The first-order valence-corrected chi connectivity index (χ1v) is 6.90. The molecule has 0 bridgehead atoms. The van der Waals surface area contributed by atoms with Gasteiger partial charge in [-0.05, 0) is 36.8 Å². The first-order valence-electron chi connectivity index (χ1n) is 6.90. The Labute approximate surface area is 116 Å². The van der Waals surface area contributed by atoms with Gasteiger partial charge in [-0.2, -0.15) is 0 Å². The van der Waals surface area contributed by atoms with Crippen LogP contribution in [0.15, 0.2) is 60.7 Å². The van der Waals surface area contributed by atoms with E-state index in [1.165, 1.54) is 11.1 Å². The molecule has 0 fully saturated rings. The first kappa shape index (κ1) is 13.8. The number of rotatable bonds is 6. The van der Waals surface area contributed by atoms with Crippen LogP contribution in [0.4, 0.5) is 0 Å². The molecule has 19 heavy (non-hydrogen) atoms. The lowest BCUT2D eigenvalue weighted by Crippen LogP contribution is -2.23. The molecule has 2 aromatic rings. The van der Waals surface area contributed by atoms with Gasteiger partial charge in [-0.15, -0.1) is 0 Å². The first-order chi connectivity index (χ1) is 9.29. The second-order valence-corrected chi connectivity index (χ2v) is 5.08.